The first-order valence-electron chi connectivity index (χ1n) is 6.17. The third kappa shape index (κ3) is 3.06. The summed E-state index contributed by atoms with van der Waals surface area (Å²) in [7, 11) is 1.88. The molecule has 1 fully saturated rings. The predicted octanol–water partition coefficient (Wildman–Crippen LogP) is 0.567. The van der Waals surface area contributed by atoms with Gasteiger partial charge in [0.25, 0.3) is 0 Å². The molecule has 2 N–H and O–H groups in total. The Morgan fingerprint density at radius 1 is 1.65 bits per heavy atom. The van der Waals surface area contributed by atoms with Gasteiger partial charge in [-0.25, -0.2) is 0 Å². The zero-order chi connectivity index (χ0) is 12.3. The van der Waals surface area contributed by atoms with Crippen LogP contribution in [0.25, 0.3) is 0 Å². The van der Waals surface area contributed by atoms with E-state index in [1.165, 1.54) is 0 Å². The third-order valence-corrected chi connectivity index (χ3v) is 3.30. The second-order valence-electron chi connectivity index (χ2n) is 4.72. The second-order valence-corrected chi connectivity index (χ2v) is 4.72. The Morgan fingerprint density at radius 2 is 2.47 bits per heavy atom. The summed E-state index contributed by atoms with van der Waals surface area (Å²) in [5, 5.41) is 10.3. The van der Waals surface area contributed by atoms with Crippen molar-refractivity contribution in [1.29, 1.82) is 0 Å². The monoisotopic (exact) mass is 236 g/mol. The van der Waals surface area contributed by atoms with Gasteiger partial charge in [-0.15, -0.1) is 0 Å². The van der Waals surface area contributed by atoms with Crippen molar-refractivity contribution in [3.63, 3.8) is 0 Å². The van der Waals surface area contributed by atoms with E-state index in [2.05, 4.69) is 22.7 Å². The molecule has 0 radical (unpaired) electrons. The zero-order valence-corrected chi connectivity index (χ0v) is 10.4. The molecule has 0 aliphatic carbocycles. The number of carbonyl (C=O) groups excluding carboxylic acids is 1. The van der Waals surface area contributed by atoms with E-state index >= 15 is 0 Å². The molecule has 2 unspecified atom stereocenters. The Hall–Kier alpha value is -1.36. The van der Waals surface area contributed by atoms with Gasteiger partial charge >= 0.3 is 0 Å². The molecule has 94 valence electrons. The number of piperidine rings is 1. The van der Waals surface area contributed by atoms with E-state index in [0.717, 1.165) is 25.0 Å². The van der Waals surface area contributed by atoms with E-state index in [9.17, 15) is 4.79 Å². The lowest BCUT2D eigenvalue weighted by molar-refractivity contribution is -0.124. The summed E-state index contributed by atoms with van der Waals surface area (Å²) in [6.07, 6.45) is 4.95. The number of nitrogens with one attached hydrogen (secondary N) is 2. The van der Waals surface area contributed by atoms with Gasteiger partial charge in [-0.05, 0) is 32.3 Å². The largest absolute Gasteiger partial charge is 0.349 e. The molecule has 1 aromatic heterocycles. The minimum atomic E-state index is -0.0352. The van der Waals surface area contributed by atoms with E-state index < -0.39 is 0 Å². The fourth-order valence-electron chi connectivity index (χ4n) is 2.22. The molecule has 1 amide bonds. The van der Waals surface area contributed by atoms with Crippen LogP contribution < -0.4 is 10.6 Å². The van der Waals surface area contributed by atoms with Gasteiger partial charge in [0.2, 0.25) is 5.91 Å². The second kappa shape index (κ2) is 5.31. The van der Waals surface area contributed by atoms with Gasteiger partial charge in [-0.1, -0.05) is 0 Å². The lowest BCUT2D eigenvalue weighted by Crippen LogP contribution is -2.49. The van der Waals surface area contributed by atoms with Gasteiger partial charge in [-0.3, -0.25) is 9.48 Å². The van der Waals surface area contributed by atoms with Crippen LogP contribution in [0.5, 0.6) is 0 Å². The van der Waals surface area contributed by atoms with Crippen molar-refractivity contribution in [2.24, 2.45) is 7.05 Å². The van der Waals surface area contributed by atoms with E-state index in [1.54, 1.807) is 10.9 Å². The summed E-state index contributed by atoms with van der Waals surface area (Å²) in [6, 6.07) is 2.32. The smallest absolute Gasteiger partial charge is 0.237 e. The van der Waals surface area contributed by atoms with Crippen LogP contribution >= 0.6 is 0 Å². The van der Waals surface area contributed by atoms with Crippen molar-refractivity contribution in [2.75, 3.05) is 0 Å². The Balaban J connectivity index is 1.83. The highest BCUT2D eigenvalue weighted by molar-refractivity contribution is 5.81. The molecule has 1 aliphatic rings. The van der Waals surface area contributed by atoms with Crippen LogP contribution in [0.4, 0.5) is 0 Å². The van der Waals surface area contributed by atoms with Gasteiger partial charge in [0.05, 0.1) is 18.3 Å². The molecular formula is C12H20N4O. The van der Waals surface area contributed by atoms with Gasteiger partial charge in [0.15, 0.2) is 0 Å². The minimum absolute atomic E-state index is 0.0352. The first-order chi connectivity index (χ1) is 8.16. The van der Waals surface area contributed by atoms with E-state index in [-0.39, 0.29) is 11.9 Å². The predicted molar refractivity (Wildman–Crippen MR) is 65.3 cm³/mol. The lowest BCUT2D eigenvalue weighted by Gasteiger charge is -2.27. The van der Waals surface area contributed by atoms with E-state index in [4.69, 9.17) is 0 Å². The molecule has 17 heavy (non-hydrogen) atoms. The van der Waals surface area contributed by atoms with Crippen LogP contribution in [0.3, 0.4) is 0 Å². The summed E-state index contributed by atoms with van der Waals surface area (Å²) in [5.41, 5.74) is 1.02. The van der Waals surface area contributed by atoms with Crippen molar-refractivity contribution < 1.29 is 4.79 Å². The maximum Gasteiger partial charge on any atom is 0.237 e. The fourth-order valence-corrected chi connectivity index (χ4v) is 2.22. The lowest BCUT2D eigenvalue weighted by atomic mass is 9.99. The maximum absolute atomic E-state index is 11.9. The zero-order valence-electron chi connectivity index (χ0n) is 10.4. The molecular weight excluding hydrogens is 216 g/mol. The van der Waals surface area contributed by atoms with Crippen molar-refractivity contribution in [3.05, 3.63) is 18.0 Å². The van der Waals surface area contributed by atoms with Crippen LogP contribution in [0.15, 0.2) is 12.3 Å². The normalized spacial score (nSPS) is 24.6. The summed E-state index contributed by atoms with van der Waals surface area (Å²) >= 11 is 0. The third-order valence-electron chi connectivity index (χ3n) is 3.30. The molecule has 0 saturated carbocycles. The standard InChI is InChI=1S/C12H20N4O/c1-9-4-3-5-11(15-9)12(17)13-8-10-6-7-14-16(10)2/h6-7,9,11,15H,3-5,8H2,1-2H3,(H,13,17). The van der Waals surface area contributed by atoms with Crippen LogP contribution in [0.1, 0.15) is 31.9 Å². The van der Waals surface area contributed by atoms with Crippen molar-refractivity contribution in [2.45, 2.75) is 44.8 Å². The number of nitrogens with zero attached hydrogens (tertiary/aromatic N) is 2. The number of aromatic nitrogens is 2. The number of aryl methyl sites for hydroxylation is 1. The molecule has 5 nitrogen and oxygen atoms in total. The average molecular weight is 236 g/mol. The molecule has 5 heteroatoms. The fraction of sp³-hybridized carbons (Fsp3) is 0.667. The Morgan fingerprint density at radius 3 is 3.12 bits per heavy atom. The Bertz CT molecular complexity index is 388. The van der Waals surface area contributed by atoms with Crippen LogP contribution in [-0.4, -0.2) is 27.8 Å². The van der Waals surface area contributed by atoms with Crippen molar-refractivity contribution >= 4 is 5.91 Å². The molecule has 0 spiro atoms. The van der Waals surface area contributed by atoms with Crippen molar-refractivity contribution in [1.82, 2.24) is 20.4 Å². The highest BCUT2D eigenvalue weighted by Crippen LogP contribution is 2.12. The number of amides is 1. The molecule has 2 heterocycles. The molecule has 0 bridgehead atoms. The van der Waals surface area contributed by atoms with Gasteiger partial charge in [0.1, 0.15) is 0 Å². The molecule has 1 aliphatic heterocycles. The van der Waals surface area contributed by atoms with Crippen LogP contribution in [0, 0.1) is 0 Å². The topological polar surface area (TPSA) is 59.0 Å². The molecule has 2 rings (SSSR count). The number of carbonyl (C=O) groups is 1. The highest BCUT2D eigenvalue weighted by atomic mass is 16.2. The van der Waals surface area contributed by atoms with E-state index in [0.29, 0.717) is 12.6 Å². The minimum Gasteiger partial charge on any atom is -0.349 e. The van der Waals surface area contributed by atoms with Gasteiger partial charge in [-0.2, -0.15) is 5.10 Å². The van der Waals surface area contributed by atoms with E-state index in [1.807, 2.05) is 13.1 Å². The molecule has 0 aromatic carbocycles. The Labute approximate surface area is 102 Å². The van der Waals surface area contributed by atoms with Gasteiger partial charge in [0, 0.05) is 19.3 Å². The van der Waals surface area contributed by atoms with Gasteiger partial charge < -0.3 is 10.6 Å². The first kappa shape index (κ1) is 12.1. The maximum atomic E-state index is 11.9. The van der Waals surface area contributed by atoms with Crippen LogP contribution in [0.2, 0.25) is 0 Å². The number of hydrogen-bond acceptors (Lipinski definition) is 3. The SMILES string of the molecule is CC1CCCC(C(=O)NCc2ccnn2C)N1. The summed E-state index contributed by atoms with van der Waals surface area (Å²) < 4.78 is 1.78. The summed E-state index contributed by atoms with van der Waals surface area (Å²) in [5.74, 6) is 0.0951. The molecule has 1 aromatic rings. The van der Waals surface area contributed by atoms with Crippen LogP contribution in [-0.2, 0) is 18.4 Å². The molecule has 1 saturated heterocycles. The average Bonchev–Trinajstić information content (AvgIpc) is 2.72. The van der Waals surface area contributed by atoms with Crippen molar-refractivity contribution in [3.8, 4) is 0 Å². The highest BCUT2D eigenvalue weighted by Gasteiger charge is 2.23. The Kier molecular flexibility index (Phi) is 3.78. The molecule has 2 atom stereocenters. The summed E-state index contributed by atoms with van der Waals surface area (Å²) in [6.45, 7) is 2.67. The summed E-state index contributed by atoms with van der Waals surface area (Å²) in [4.78, 5) is 11.9. The number of rotatable bonds is 3. The quantitative estimate of drug-likeness (QED) is 0.806. The number of hydrogen-bond donors (Lipinski definition) is 2. The first-order valence-corrected chi connectivity index (χ1v) is 6.17.